The molecule has 0 saturated carbocycles. The molecule has 5 nitrogen and oxygen atoms in total. The summed E-state index contributed by atoms with van der Waals surface area (Å²) < 4.78 is 28.1. The van der Waals surface area contributed by atoms with Crippen molar-refractivity contribution in [2.45, 2.75) is 25.5 Å². The largest absolute Gasteiger partial charge is 0.325 e. The molecule has 0 radical (unpaired) electrons. The Hall–Kier alpha value is -2.74. The molecule has 3 rings (SSSR count). The molecule has 0 fully saturated rings. The molecule has 140 valence electrons. The quantitative estimate of drug-likeness (QED) is 0.640. The van der Waals surface area contributed by atoms with Gasteiger partial charge in [0.1, 0.15) is 0 Å². The number of nitrogens with one attached hydrogen (secondary N) is 1. The number of carbonyl (C=O) groups is 1. The van der Waals surface area contributed by atoms with E-state index in [1.54, 1.807) is 0 Å². The van der Waals surface area contributed by atoms with Crippen molar-refractivity contribution in [1.29, 1.82) is 0 Å². The maximum Gasteiger partial charge on any atom is 0.234 e. The first-order valence-corrected chi connectivity index (χ1v) is 9.34. The summed E-state index contributed by atoms with van der Waals surface area (Å²) in [7, 11) is 0. The van der Waals surface area contributed by atoms with Crippen molar-refractivity contribution < 1.29 is 13.6 Å². The van der Waals surface area contributed by atoms with Gasteiger partial charge in [-0.25, -0.2) is 8.78 Å². The average molecular weight is 388 g/mol. The summed E-state index contributed by atoms with van der Waals surface area (Å²) in [6.45, 7) is 4.65. The minimum absolute atomic E-state index is 0.0744. The van der Waals surface area contributed by atoms with Crippen molar-refractivity contribution in [3.63, 3.8) is 0 Å². The Bertz CT molecular complexity index is 957. The number of nitrogens with zero attached hydrogens (tertiary/aromatic N) is 3. The fraction of sp³-hybridized carbons (Fsp3) is 0.211. The lowest BCUT2D eigenvalue weighted by Gasteiger charge is -2.08. The van der Waals surface area contributed by atoms with Crippen LogP contribution in [0.4, 0.5) is 14.5 Å². The van der Waals surface area contributed by atoms with Crippen LogP contribution in [0.15, 0.2) is 47.6 Å². The number of aromatic nitrogens is 3. The second kappa shape index (κ2) is 8.30. The number of anilines is 1. The molecule has 0 spiro atoms. The van der Waals surface area contributed by atoms with Gasteiger partial charge in [-0.15, -0.1) is 10.2 Å². The third-order valence-corrected chi connectivity index (χ3v) is 4.85. The Kier molecular flexibility index (Phi) is 5.85. The molecule has 2 aromatic carbocycles. The molecule has 27 heavy (non-hydrogen) atoms. The molecule has 1 aromatic heterocycles. The highest BCUT2D eigenvalue weighted by atomic mass is 32.2. The van der Waals surface area contributed by atoms with Crippen LogP contribution >= 0.6 is 11.8 Å². The summed E-state index contributed by atoms with van der Waals surface area (Å²) >= 11 is 1.23. The van der Waals surface area contributed by atoms with Crippen molar-refractivity contribution in [3.8, 4) is 11.4 Å². The minimum Gasteiger partial charge on any atom is -0.325 e. The predicted octanol–water partition coefficient (Wildman–Crippen LogP) is 4.28. The van der Waals surface area contributed by atoms with E-state index in [9.17, 15) is 13.6 Å². The molecule has 1 heterocycles. The Labute approximate surface area is 159 Å². The number of hydrogen-bond donors (Lipinski definition) is 1. The van der Waals surface area contributed by atoms with Crippen LogP contribution in [-0.4, -0.2) is 26.4 Å². The summed E-state index contributed by atoms with van der Waals surface area (Å²) in [6, 6.07) is 11.2. The standard InChI is InChI=1S/C19H18F2N4OS/c1-3-25-18(13-6-4-12(2)5-7-13)23-24-19(25)27-11-17(26)22-14-8-9-15(20)16(21)10-14/h4-10H,3,11H2,1-2H3,(H,22,26). The molecule has 1 N–H and O–H groups in total. The molecular formula is C19H18F2N4OS. The van der Waals surface area contributed by atoms with Gasteiger partial charge in [0, 0.05) is 23.9 Å². The second-order valence-electron chi connectivity index (χ2n) is 5.88. The van der Waals surface area contributed by atoms with Crippen LogP contribution < -0.4 is 5.32 Å². The van der Waals surface area contributed by atoms with Crippen molar-refractivity contribution in [2.24, 2.45) is 0 Å². The van der Waals surface area contributed by atoms with Crippen molar-refractivity contribution in [1.82, 2.24) is 14.8 Å². The Morgan fingerprint density at radius 3 is 2.52 bits per heavy atom. The number of carbonyl (C=O) groups excluding carboxylic acids is 1. The molecule has 1 amide bonds. The highest BCUT2D eigenvalue weighted by molar-refractivity contribution is 7.99. The Morgan fingerprint density at radius 1 is 1.11 bits per heavy atom. The van der Waals surface area contributed by atoms with E-state index in [-0.39, 0.29) is 17.3 Å². The first-order valence-electron chi connectivity index (χ1n) is 8.36. The molecule has 8 heteroatoms. The molecule has 0 aliphatic heterocycles. The van der Waals surface area contributed by atoms with Crippen LogP contribution in [0.25, 0.3) is 11.4 Å². The molecule has 0 bridgehead atoms. The highest BCUT2D eigenvalue weighted by Crippen LogP contribution is 2.24. The van der Waals surface area contributed by atoms with Crippen LogP contribution in [-0.2, 0) is 11.3 Å². The summed E-state index contributed by atoms with van der Waals surface area (Å²) in [4.78, 5) is 12.1. The summed E-state index contributed by atoms with van der Waals surface area (Å²) in [5, 5.41) is 11.6. The average Bonchev–Trinajstić information content (AvgIpc) is 3.06. The van der Waals surface area contributed by atoms with E-state index < -0.39 is 11.6 Å². The lowest BCUT2D eigenvalue weighted by atomic mass is 10.1. The smallest absolute Gasteiger partial charge is 0.234 e. The molecule has 0 aliphatic rings. The third-order valence-electron chi connectivity index (χ3n) is 3.88. The fourth-order valence-electron chi connectivity index (χ4n) is 2.50. The molecule has 0 atom stereocenters. The van der Waals surface area contributed by atoms with Gasteiger partial charge in [0.15, 0.2) is 22.6 Å². The number of benzene rings is 2. The van der Waals surface area contributed by atoms with Crippen molar-refractivity contribution >= 4 is 23.4 Å². The number of amides is 1. The van der Waals surface area contributed by atoms with E-state index in [1.165, 1.54) is 17.8 Å². The lowest BCUT2D eigenvalue weighted by Crippen LogP contribution is -2.15. The van der Waals surface area contributed by atoms with E-state index in [0.717, 1.165) is 29.1 Å². The summed E-state index contributed by atoms with van der Waals surface area (Å²) in [5.74, 6) is -1.49. The number of thioether (sulfide) groups is 1. The number of hydrogen-bond acceptors (Lipinski definition) is 4. The lowest BCUT2D eigenvalue weighted by molar-refractivity contribution is -0.113. The SMILES string of the molecule is CCn1c(SCC(=O)Nc2ccc(F)c(F)c2)nnc1-c1ccc(C)cc1. The highest BCUT2D eigenvalue weighted by Gasteiger charge is 2.15. The van der Waals surface area contributed by atoms with Crippen molar-refractivity contribution in [2.75, 3.05) is 11.1 Å². The zero-order valence-corrected chi connectivity index (χ0v) is 15.7. The summed E-state index contributed by atoms with van der Waals surface area (Å²) in [5.41, 5.74) is 2.31. The van der Waals surface area contributed by atoms with Crippen molar-refractivity contribution in [3.05, 3.63) is 59.7 Å². The van der Waals surface area contributed by atoms with Crippen LogP contribution in [0.3, 0.4) is 0 Å². The van der Waals surface area contributed by atoms with Gasteiger partial charge >= 0.3 is 0 Å². The van der Waals surface area contributed by atoms with Crippen LogP contribution in [0.1, 0.15) is 12.5 Å². The van der Waals surface area contributed by atoms with Gasteiger partial charge in [0.05, 0.1) is 5.75 Å². The molecule has 0 aliphatic carbocycles. The normalized spacial score (nSPS) is 10.8. The van der Waals surface area contributed by atoms with Gasteiger partial charge in [-0.1, -0.05) is 41.6 Å². The van der Waals surface area contributed by atoms with Crippen LogP contribution in [0, 0.1) is 18.6 Å². The van der Waals surface area contributed by atoms with E-state index >= 15 is 0 Å². The fourth-order valence-corrected chi connectivity index (χ4v) is 3.30. The first kappa shape index (κ1) is 19.0. The van der Waals surface area contributed by atoms with E-state index in [0.29, 0.717) is 11.7 Å². The minimum atomic E-state index is -1.01. The number of halogens is 2. The first-order chi connectivity index (χ1) is 13.0. The second-order valence-corrected chi connectivity index (χ2v) is 6.82. The Balaban J connectivity index is 1.68. The van der Waals surface area contributed by atoms with E-state index in [1.807, 2.05) is 42.7 Å². The monoisotopic (exact) mass is 388 g/mol. The maximum atomic E-state index is 13.2. The van der Waals surface area contributed by atoms with E-state index in [2.05, 4.69) is 15.5 Å². The predicted molar refractivity (Wildman–Crippen MR) is 102 cm³/mol. The van der Waals surface area contributed by atoms with Gasteiger partial charge in [-0.2, -0.15) is 0 Å². The van der Waals surface area contributed by atoms with Crippen LogP contribution in [0.5, 0.6) is 0 Å². The van der Waals surface area contributed by atoms with Gasteiger partial charge in [-0.05, 0) is 26.0 Å². The van der Waals surface area contributed by atoms with Gasteiger partial charge in [0.25, 0.3) is 0 Å². The molecule has 0 saturated heterocycles. The van der Waals surface area contributed by atoms with Gasteiger partial charge < -0.3 is 9.88 Å². The molecular weight excluding hydrogens is 370 g/mol. The zero-order valence-electron chi connectivity index (χ0n) is 14.9. The molecule has 3 aromatic rings. The Morgan fingerprint density at radius 2 is 1.85 bits per heavy atom. The topological polar surface area (TPSA) is 59.8 Å². The van der Waals surface area contributed by atoms with Gasteiger partial charge in [0.2, 0.25) is 5.91 Å². The van der Waals surface area contributed by atoms with E-state index in [4.69, 9.17) is 0 Å². The summed E-state index contributed by atoms with van der Waals surface area (Å²) in [6.07, 6.45) is 0. The maximum absolute atomic E-state index is 13.2. The zero-order chi connectivity index (χ0) is 19.4. The van der Waals surface area contributed by atoms with Crippen LogP contribution in [0.2, 0.25) is 0 Å². The molecule has 0 unspecified atom stereocenters. The number of rotatable bonds is 6. The number of aryl methyl sites for hydroxylation is 1. The third kappa shape index (κ3) is 4.51. The van der Waals surface area contributed by atoms with Gasteiger partial charge in [-0.3, -0.25) is 4.79 Å².